The fraction of sp³-hybridized carbons (Fsp3) is 0.316. The molecule has 1 heterocycles. The minimum atomic E-state index is -0.872. The van der Waals surface area contributed by atoms with E-state index < -0.39 is 18.2 Å². The first kappa shape index (κ1) is 17.4. The molecule has 1 unspecified atom stereocenters. The topological polar surface area (TPSA) is 75.8 Å². The Morgan fingerprint density at radius 3 is 2.92 bits per heavy atom. The highest BCUT2D eigenvalue weighted by atomic mass is 19.1. The van der Waals surface area contributed by atoms with Crippen LogP contribution in [-0.2, 0) is 17.8 Å². The monoisotopic (exact) mass is 344 g/mol. The fourth-order valence-corrected chi connectivity index (χ4v) is 3.05. The number of nitrogens with zero attached hydrogens (tertiary/aromatic N) is 1. The third-order valence-corrected chi connectivity index (χ3v) is 4.55. The van der Waals surface area contributed by atoms with Crippen molar-refractivity contribution in [3.8, 4) is 5.75 Å². The Balaban J connectivity index is 1.72. The molecule has 0 fully saturated rings. The van der Waals surface area contributed by atoms with Crippen molar-refractivity contribution in [2.75, 3.05) is 6.54 Å². The van der Waals surface area contributed by atoms with Crippen molar-refractivity contribution >= 4 is 5.91 Å². The zero-order chi connectivity index (χ0) is 18.0. The van der Waals surface area contributed by atoms with Gasteiger partial charge in [-0.25, -0.2) is 4.39 Å². The molecule has 0 bridgehead atoms. The fourth-order valence-electron chi connectivity index (χ4n) is 3.05. The second-order valence-electron chi connectivity index (χ2n) is 6.22. The van der Waals surface area contributed by atoms with E-state index in [1.165, 1.54) is 12.1 Å². The van der Waals surface area contributed by atoms with Crippen molar-refractivity contribution < 1.29 is 19.0 Å². The molecule has 0 saturated heterocycles. The number of hydrogen-bond donors (Lipinski definition) is 2. The Morgan fingerprint density at radius 1 is 1.40 bits per heavy atom. The van der Waals surface area contributed by atoms with Gasteiger partial charge in [0.05, 0.1) is 6.04 Å². The molecule has 0 spiro atoms. The van der Waals surface area contributed by atoms with Gasteiger partial charge in [0.2, 0.25) is 5.91 Å². The Kier molecular flexibility index (Phi) is 5.01. The number of primary amides is 1. The maximum atomic E-state index is 13.2. The molecule has 25 heavy (non-hydrogen) atoms. The molecule has 2 atom stereocenters. The number of aliphatic hydroxyl groups is 1. The summed E-state index contributed by atoms with van der Waals surface area (Å²) in [6, 6.07) is 11.2. The van der Waals surface area contributed by atoms with Gasteiger partial charge in [0.15, 0.2) is 0 Å². The van der Waals surface area contributed by atoms with Crippen LogP contribution in [0.2, 0.25) is 0 Å². The summed E-state index contributed by atoms with van der Waals surface area (Å²) in [5.41, 5.74) is 7.81. The van der Waals surface area contributed by atoms with Gasteiger partial charge in [-0.1, -0.05) is 18.2 Å². The molecule has 2 aromatic rings. The molecular formula is C19H21FN2O3. The van der Waals surface area contributed by atoms with E-state index in [-0.39, 0.29) is 12.4 Å². The molecule has 6 heteroatoms. The molecule has 3 rings (SSSR count). The summed E-state index contributed by atoms with van der Waals surface area (Å²) in [6.45, 7) is 2.49. The molecule has 1 amide bonds. The molecule has 0 aliphatic carbocycles. The van der Waals surface area contributed by atoms with Gasteiger partial charge in [-0.05, 0) is 54.3 Å². The molecule has 0 saturated carbocycles. The summed E-state index contributed by atoms with van der Waals surface area (Å²) >= 11 is 0. The first-order chi connectivity index (χ1) is 12.0. The summed E-state index contributed by atoms with van der Waals surface area (Å²) in [6.07, 6.45) is -0.190. The number of rotatable bonds is 5. The lowest BCUT2D eigenvalue weighted by atomic mass is 9.96. The number of amides is 1. The molecule has 132 valence electrons. The van der Waals surface area contributed by atoms with Gasteiger partial charge in [0.1, 0.15) is 24.4 Å². The summed E-state index contributed by atoms with van der Waals surface area (Å²) in [5.74, 6) is -0.0949. The van der Waals surface area contributed by atoms with Gasteiger partial charge in [0.25, 0.3) is 0 Å². The SMILES string of the molecule is C[C@H](C(N)=O)N1CCc2cc(OCc3cccc(F)c3)ccc2C1O. The van der Waals surface area contributed by atoms with Gasteiger partial charge < -0.3 is 15.6 Å². The predicted molar refractivity (Wildman–Crippen MR) is 91.2 cm³/mol. The largest absolute Gasteiger partial charge is 0.489 e. The average Bonchev–Trinajstić information content (AvgIpc) is 2.59. The van der Waals surface area contributed by atoms with Crippen LogP contribution in [0.25, 0.3) is 0 Å². The highest BCUT2D eigenvalue weighted by molar-refractivity contribution is 5.79. The van der Waals surface area contributed by atoms with E-state index in [9.17, 15) is 14.3 Å². The molecule has 5 nitrogen and oxygen atoms in total. The van der Waals surface area contributed by atoms with Crippen LogP contribution in [-0.4, -0.2) is 28.5 Å². The average molecular weight is 344 g/mol. The number of fused-ring (bicyclic) bond motifs is 1. The van der Waals surface area contributed by atoms with E-state index in [2.05, 4.69) is 0 Å². The van der Waals surface area contributed by atoms with Gasteiger partial charge in [-0.2, -0.15) is 0 Å². The third kappa shape index (κ3) is 3.81. The minimum absolute atomic E-state index is 0.268. The maximum absolute atomic E-state index is 13.2. The second-order valence-corrected chi connectivity index (χ2v) is 6.22. The number of halogens is 1. The van der Waals surface area contributed by atoms with E-state index >= 15 is 0 Å². The zero-order valence-electron chi connectivity index (χ0n) is 14.0. The van der Waals surface area contributed by atoms with Crippen molar-refractivity contribution in [1.82, 2.24) is 4.90 Å². The summed E-state index contributed by atoms with van der Waals surface area (Å²) < 4.78 is 18.9. The first-order valence-electron chi connectivity index (χ1n) is 8.19. The lowest BCUT2D eigenvalue weighted by molar-refractivity contribution is -0.128. The Morgan fingerprint density at radius 2 is 2.20 bits per heavy atom. The Bertz CT molecular complexity index is 781. The second kappa shape index (κ2) is 7.21. The highest BCUT2D eigenvalue weighted by Gasteiger charge is 2.31. The normalized spacial score (nSPS) is 18.4. The molecule has 0 radical (unpaired) electrons. The predicted octanol–water partition coefficient (Wildman–Crippen LogP) is 2.13. The molecule has 0 aromatic heterocycles. The number of benzene rings is 2. The van der Waals surface area contributed by atoms with Crippen LogP contribution in [0.5, 0.6) is 5.75 Å². The van der Waals surface area contributed by atoms with E-state index in [0.29, 0.717) is 18.7 Å². The van der Waals surface area contributed by atoms with Gasteiger partial charge in [-0.3, -0.25) is 9.69 Å². The van der Waals surface area contributed by atoms with Gasteiger partial charge in [-0.15, -0.1) is 0 Å². The number of carbonyl (C=O) groups excluding carboxylic acids is 1. The van der Waals surface area contributed by atoms with E-state index in [1.54, 1.807) is 36.1 Å². The van der Waals surface area contributed by atoms with Crippen LogP contribution < -0.4 is 10.5 Å². The van der Waals surface area contributed by atoms with Crippen LogP contribution in [0.15, 0.2) is 42.5 Å². The van der Waals surface area contributed by atoms with Crippen LogP contribution in [0.3, 0.4) is 0 Å². The number of hydrogen-bond acceptors (Lipinski definition) is 4. The molecule has 1 aliphatic heterocycles. The van der Waals surface area contributed by atoms with Crippen molar-refractivity contribution in [3.05, 3.63) is 65.0 Å². The van der Waals surface area contributed by atoms with Crippen LogP contribution >= 0.6 is 0 Å². The smallest absolute Gasteiger partial charge is 0.234 e. The Hall–Kier alpha value is -2.44. The van der Waals surface area contributed by atoms with Crippen molar-refractivity contribution in [2.45, 2.75) is 32.2 Å². The third-order valence-electron chi connectivity index (χ3n) is 4.55. The quantitative estimate of drug-likeness (QED) is 0.871. The van der Waals surface area contributed by atoms with E-state index in [0.717, 1.165) is 16.7 Å². The molecule has 2 aromatic carbocycles. The van der Waals surface area contributed by atoms with E-state index in [4.69, 9.17) is 10.5 Å². The lowest BCUT2D eigenvalue weighted by Crippen LogP contribution is -2.47. The summed E-state index contributed by atoms with van der Waals surface area (Å²) in [5, 5.41) is 10.5. The first-order valence-corrected chi connectivity index (χ1v) is 8.19. The van der Waals surface area contributed by atoms with Gasteiger partial charge >= 0.3 is 0 Å². The van der Waals surface area contributed by atoms with Crippen molar-refractivity contribution in [1.29, 1.82) is 0 Å². The molecular weight excluding hydrogens is 323 g/mol. The molecule has 3 N–H and O–H groups in total. The number of carbonyl (C=O) groups is 1. The summed E-state index contributed by atoms with van der Waals surface area (Å²) in [7, 11) is 0. The van der Waals surface area contributed by atoms with Crippen LogP contribution in [0.4, 0.5) is 4.39 Å². The number of aliphatic hydroxyl groups excluding tert-OH is 1. The summed E-state index contributed by atoms with van der Waals surface area (Å²) in [4.78, 5) is 13.1. The zero-order valence-corrected chi connectivity index (χ0v) is 14.0. The maximum Gasteiger partial charge on any atom is 0.234 e. The van der Waals surface area contributed by atoms with Gasteiger partial charge in [0, 0.05) is 6.54 Å². The van der Waals surface area contributed by atoms with E-state index in [1.807, 2.05) is 6.07 Å². The minimum Gasteiger partial charge on any atom is -0.489 e. The number of nitrogens with two attached hydrogens (primary N) is 1. The van der Waals surface area contributed by atoms with Crippen molar-refractivity contribution in [2.24, 2.45) is 5.73 Å². The molecule has 1 aliphatic rings. The highest BCUT2D eigenvalue weighted by Crippen LogP contribution is 2.31. The van der Waals surface area contributed by atoms with Crippen LogP contribution in [0.1, 0.15) is 29.8 Å². The Labute approximate surface area is 145 Å². The van der Waals surface area contributed by atoms with Crippen LogP contribution in [0, 0.1) is 5.82 Å². The lowest BCUT2D eigenvalue weighted by Gasteiger charge is -2.36. The standard InChI is InChI=1S/C19H21FN2O3/c1-12(18(21)23)22-8-7-14-10-16(5-6-17(14)19(22)24)25-11-13-3-2-4-15(20)9-13/h2-6,9-10,12,19,24H,7-8,11H2,1H3,(H2,21,23)/t12-,19?/m1/s1. The van der Waals surface area contributed by atoms with Crippen molar-refractivity contribution in [3.63, 3.8) is 0 Å². The number of ether oxygens (including phenoxy) is 1.